The van der Waals surface area contributed by atoms with E-state index >= 15 is 0 Å². The van der Waals surface area contributed by atoms with Crippen molar-refractivity contribution in [3.8, 4) is 0 Å². The molecule has 0 saturated heterocycles. The lowest BCUT2D eigenvalue weighted by atomic mass is 9.91. The van der Waals surface area contributed by atoms with Crippen molar-refractivity contribution in [2.75, 3.05) is 6.54 Å². The molecule has 2 aromatic rings. The Balaban J connectivity index is 2.07. The maximum atomic E-state index is 12.6. The molecular weight excluding hydrogens is 410 g/mol. The summed E-state index contributed by atoms with van der Waals surface area (Å²) in [5.74, 6) is -1.75. The summed E-state index contributed by atoms with van der Waals surface area (Å²) in [4.78, 5) is 38.3. The van der Waals surface area contributed by atoms with E-state index in [0.717, 1.165) is 5.56 Å². The molecule has 0 radical (unpaired) electrons. The lowest BCUT2D eigenvalue weighted by Crippen LogP contribution is -2.40. The molecule has 0 fully saturated rings. The first-order valence-corrected chi connectivity index (χ1v) is 9.42. The third-order valence-electron chi connectivity index (χ3n) is 4.78. The van der Waals surface area contributed by atoms with E-state index in [1.807, 2.05) is 0 Å². The molecule has 30 heavy (non-hydrogen) atoms. The molecule has 1 amide bonds. The van der Waals surface area contributed by atoms with E-state index < -0.39 is 28.6 Å². The number of halogens is 1. The van der Waals surface area contributed by atoms with Crippen LogP contribution >= 0.6 is 11.6 Å². The minimum Gasteiger partial charge on any atom is -0.393 e. The summed E-state index contributed by atoms with van der Waals surface area (Å²) in [6.07, 6.45) is -0.808. The summed E-state index contributed by atoms with van der Waals surface area (Å²) in [5, 5.41) is 23.6. The fourth-order valence-electron chi connectivity index (χ4n) is 2.91. The number of nitrogens with zero attached hydrogens (tertiary/aromatic N) is 2. The second-order valence-electron chi connectivity index (χ2n) is 6.79. The number of aliphatic hydroxyl groups is 1. The number of carbonyl (C=O) groups is 2. The van der Waals surface area contributed by atoms with Crippen LogP contribution in [0, 0.1) is 29.5 Å². The van der Waals surface area contributed by atoms with Gasteiger partial charge in [0.1, 0.15) is 0 Å². The quantitative estimate of drug-likeness (QED) is 0.288. The van der Waals surface area contributed by atoms with Crippen molar-refractivity contribution in [2.24, 2.45) is 5.92 Å². The first-order chi connectivity index (χ1) is 14.1. The van der Waals surface area contributed by atoms with E-state index in [-0.39, 0.29) is 24.2 Å². The molecule has 2 atom stereocenters. The second kappa shape index (κ2) is 9.96. The zero-order valence-electron chi connectivity index (χ0n) is 16.4. The third kappa shape index (κ3) is 5.41. The van der Waals surface area contributed by atoms with Crippen LogP contribution in [0.15, 0.2) is 36.4 Å². The van der Waals surface area contributed by atoms with Gasteiger partial charge in [-0.1, -0.05) is 23.7 Å². The number of nitro benzene ring substituents is 1. The molecule has 0 spiro atoms. The van der Waals surface area contributed by atoms with Crippen LogP contribution in [-0.4, -0.2) is 34.4 Å². The van der Waals surface area contributed by atoms with Gasteiger partial charge in [-0.25, -0.2) is 4.85 Å². The average Bonchev–Trinajstić information content (AvgIpc) is 2.72. The van der Waals surface area contributed by atoms with Crippen molar-refractivity contribution in [1.29, 1.82) is 0 Å². The van der Waals surface area contributed by atoms with Crippen molar-refractivity contribution >= 4 is 34.7 Å². The molecule has 2 aromatic carbocycles. The number of amides is 1. The van der Waals surface area contributed by atoms with Gasteiger partial charge in [0, 0.05) is 17.7 Å². The third-order valence-corrected chi connectivity index (χ3v) is 5.26. The molecule has 0 aromatic heterocycles. The van der Waals surface area contributed by atoms with Crippen LogP contribution in [0.25, 0.3) is 4.85 Å². The minimum atomic E-state index is -0.988. The standard InChI is InChI=1S/C21H20ClN3O5/c1-12-15(6-9-18(23-3)20(12)22)10-17(13(2)26)21(28)24-11-19(27)14-4-7-16(8-5-14)25(29)30/h4-9,13,17,26H,10-11H2,1-2H3,(H,24,28)/t13-,17+/m0/s1. The van der Waals surface area contributed by atoms with Gasteiger partial charge in [0.25, 0.3) is 5.69 Å². The average molecular weight is 430 g/mol. The highest BCUT2D eigenvalue weighted by Gasteiger charge is 2.26. The largest absolute Gasteiger partial charge is 0.393 e. The number of hydrogen-bond acceptors (Lipinski definition) is 5. The first kappa shape index (κ1) is 23.0. The van der Waals surface area contributed by atoms with Crippen molar-refractivity contribution in [3.05, 3.63) is 79.6 Å². The molecular formula is C21H20ClN3O5. The maximum Gasteiger partial charge on any atom is 0.269 e. The van der Waals surface area contributed by atoms with E-state index in [2.05, 4.69) is 10.2 Å². The van der Waals surface area contributed by atoms with Gasteiger partial charge < -0.3 is 10.4 Å². The molecule has 0 saturated carbocycles. The number of Topliss-reactive ketones (excluding diaryl/α,β-unsaturated/α-hetero) is 1. The van der Waals surface area contributed by atoms with Crippen LogP contribution in [0.5, 0.6) is 0 Å². The topological polar surface area (TPSA) is 114 Å². The van der Waals surface area contributed by atoms with E-state index in [1.54, 1.807) is 19.1 Å². The Hall–Kier alpha value is -3.28. The highest BCUT2D eigenvalue weighted by molar-refractivity contribution is 6.34. The van der Waals surface area contributed by atoms with Gasteiger partial charge in [-0.3, -0.25) is 19.7 Å². The van der Waals surface area contributed by atoms with Gasteiger partial charge in [0.05, 0.1) is 35.1 Å². The van der Waals surface area contributed by atoms with Crippen molar-refractivity contribution in [2.45, 2.75) is 26.4 Å². The molecule has 2 N–H and O–H groups in total. The number of rotatable bonds is 8. The van der Waals surface area contributed by atoms with Gasteiger partial charge in [-0.15, -0.1) is 0 Å². The Morgan fingerprint density at radius 1 is 1.27 bits per heavy atom. The minimum absolute atomic E-state index is 0.136. The molecule has 0 bridgehead atoms. The number of non-ortho nitro benzene ring substituents is 1. The number of hydrogen-bond donors (Lipinski definition) is 2. The Kier molecular flexibility index (Phi) is 7.64. The monoisotopic (exact) mass is 429 g/mol. The zero-order valence-corrected chi connectivity index (χ0v) is 17.1. The summed E-state index contributed by atoms with van der Waals surface area (Å²) in [6, 6.07) is 8.33. The number of nitrogens with one attached hydrogen (secondary N) is 1. The van der Waals surface area contributed by atoms with Crippen molar-refractivity contribution < 1.29 is 19.6 Å². The fraction of sp³-hybridized carbons (Fsp3) is 0.286. The Bertz CT molecular complexity index is 1010. The van der Waals surface area contributed by atoms with Gasteiger partial charge in [0.15, 0.2) is 5.78 Å². The van der Waals surface area contributed by atoms with Crippen molar-refractivity contribution in [1.82, 2.24) is 5.32 Å². The summed E-state index contributed by atoms with van der Waals surface area (Å²) in [6.45, 7) is 10.0. The second-order valence-corrected chi connectivity index (χ2v) is 7.17. The molecule has 156 valence electrons. The number of benzene rings is 2. The van der Waals surface area contributed by atoms with E-state index in [1.165, 1.54) is 31.2 Å². The highest BCUT2D eigenvalue weighted by Crippen LogP contribution is 2.32. The van der Waals surface area contributed by atoms with Crippen LogP contribution in [0.3, 0.4) is 0 Å². The van der Waals surface area contributed by atoms with Gasteiger partial charge in [-0.2, -0.15) is 0 Å². The van der Waals surface area contributed by atoms with E-state index in [0.29, 0.717) is 16.3 Å². The van der Waals surface area contributed by atoms with Gasteiger partial charge in [-0.05, 0) is 43.5 Å². The highest BCUT2D eigenvalue weighted by atomic mass is 35.5. The Morgan fingerprint density at radius 3 is 2.43 bits per heavy atom. The number of carbonyl (C=O) groups excluding carboxylic acids is 2. The normalized spacial score (nSPS) is 12.5. The van der Waals surface area contributed by atoms with Crippen LogP contribution in [0.2, 0.25) is 5.02 Å². The van der Waals surface area contributed by atoms with Gasteiger partial charge >= 0.3 is 0 Å². The lowest BCUT2D eigenvalue weighted by Gasteiger charge is -2.21. The summed E-state index contributed by atoms with van der Waals surface area (Å²) < 4.78 is 0. The summed E-state index contributed by atoms with van der Waals surface area (Å²) in [7, 11) is 0. The van der Waals surface area contributed by atoms with E-state index in [9.17, 15) is 24.8 Å². The number of nitro groups is 1. The molecule has 0 aliphatic heterocycles. The smallest absolute Gasteiger partial charge is 0.269 e. The van der Waals surface area contributed by atoms with Gasteiger partial charge in [0.2, 0.25) is 11.6 Å². The SMILES string of the molecule is [C-]#[N+]c1ccc(C[C@@H](C(=O)NCC(=O)c2ccc([N+](=O)[O-])cc2)[C@H](C)O)c(C)c1Cl. The summed E-state index contributed by atoms with van der Waals surface area (Å²) in [5.41, 5.74) is 1.78. The van der Waals surface area contributed by atoms with Crippen LogP contribution in [0.1, 0.15) is 28.4 Å². The predicted octanol–water partition coefficient (Wildman–Crippen LogP) is 3.65. The van der Waals surface area contributed by atoms with Crippen molar-refractivity contribution in [3.63, 3.8) is 0 Å². The van der Waals surface area contributed by atoms with Crippen LogP contribution < -0.4 is 5.32 Å². The molecule has 0 unspecified atom stereocenters. The first-order valence-electron chi connectivity index (χ1n) is 9.04. The molecule has 0 aliphatic rings. The van der Waals surface area contributed by atoms with Crippen LogP contribution in [0.4, 0.5) is 11.4 Å². The zero-order chi connectivity index (χ0) is 22.4. The summed E-state index contributed by atoms with van der Waals surface area (Å²) >= 11 is 6.18. The Labute approximate surface area is 178 Å². The molecule has 8 nitrogen and oxygen atoms in total. The number of aliphatic hydroxyl groups excluding tert-OH is 1. The molecule has 0 heterocycles. The maximum absolute atomic E-state index is 12.6. The molecule has 0 aliphatic carbocycles. The molecule has 2 rings (SSSR count). The van der Waals surface area contributed by atoms with Crippen LogP contribution in [-0.2, 0) is 11.2 Å². The fourth-order valence-corrected chi connectivity index (χ4v) is 3.13. The lowest BCUT2D eigenvalue weighted by molar-refractivity contribution is -0.384. The number of ketones is 1. The Morgan fingerprint density at radius 2 is 1.90 bits per heavy atom. The molecule has 9 heteroatoms. The predicted molar refractivity (Wildman–Crippen MR) is 112 cm³/mol. The van der Waals surface area contributed by atoms with E-state index in [4.69, 9.17) is 18.2 Å².